The molecule has 4 heteroatoms. The van der Waals surface area contributed by atoms with Gasteiger partial charge >= 0.3 is 0 Å². The summed E-state index contributed by atoms with van der Waals surface area (Å²) in [5, 5.41) is 0.710. The summed E-state index contributed by atoms with van der Waals surface area (Å²) in [5.41, 5.74) is 3.24. The van der Waals surface area contributed by atoms with Gasteiger partial charge in [0, 0.05) is 16.3 Å². The van der Waals surface area contributed by atoms with E-state index >= 15 is 0 Å². The largest absolute Gasteiger partial charge is 0.497 e. The van der Waals surface area contributed by atoms with E-state index in [4.69, 9.17) is 16.3 Å². The Morgan fingerprint density at radius 3 is 2.44 bits per heavy atom. The highest BCUT2D eigenvalue weighted by Crippen LogP contribution is 2.30. The number of aryl methyl sites for hydroxylation is 1. The third-order valence-electron chi connectivity index (χ3n) is 4.04. The van der Waals surface area contributed by atoms with E-state index < -0.39 is 0 Å². The van der Waals surface area contributed by atoms with Gasteiger partial charge in [-0.15, -0.1) is 11.3 Å². The van der Waals surface area contributed by atoms with Crippen molar-refractivity contribution in [2.24, 2.45) is 0 Å². The molecule has 0 fully saturated rings. The summed E-state index contributed by atoms with van der Waals surface area (Å²) in [5.74, 6) is 0.927. The number of ketones is 1. The highest BCUT2D eigenvalue weighted by Gasteiger charge is 2.12. The van der Waals surface area contributed by atoms with Crippen molar-refractivity contribution in [2.75, 3.05) is 7.11 Å². The number of rotatable bonds is 6. The normalized spacial score (nSPS) is 10.7. The topological polar surface area (TPSA) is 26.3 Å². The summed E-state index contributed by atoms with van der Waals surface area (Å²) in [6.45, 7) is 2.10. The molecule has 3 rings (SSSR count). The fourth-order valence-electron chi connectivity index (χ4n) is 2.68. The zero-order valence-electron chi connectivity index (χ0n) is 14.2. The van der Waals surface area contributed by atoms with Crippen LogP contribution in [-0.4, -0.2) is 12.9 Å². The van der Waals surface area contributed by atoms with Crippen LogP contribution in [0.3, 0.4) is 0 Å². The zero-order chi connectivity index (χ0) is 17.8. The van der Waals surface area contributed by atoms with E-state index in [1.54, 1.807) is 7.11 Å². The van der Waals surface area contributed by atoms with Gasteiger partial charge in [-0.1, -0.05) is 36.7 Å². The van der Waals surface area contributed by atoms with Crippen LogP contribution in [0.15, 0.2) is 54.6 Å². The summed E-state index contributed by atoms with van der Waals surface area (Å²) in [6, 6.07) is 17.6. The summed E-state index contributed by atoms with van der Waals surface area (Å²) < 4.78 is 5.34. The Bertz CT molecular complexity index is 859. The first-order chi connectivity index (χ1) is 12.1. The number of halogens is 1. The Morgan fingerprint density at radius 2 is 1.76 bits per heavy atom. The molecular formula is C21H19ClO2S. The minimum Gasteiger partial charge on any atom is -0.497 e. The SMILES string of the molecule is CCc1cc(CC(=O)c2ccc(-c3ccc(Cl)cc3)s2)cc(OC)c1. The standard InChI is InChI=1S/C21H19ClO2S/c1-3-14-10-15(12-18(11-14)24-2)13-19(23)21-9-8-20(25-21)16-4-6-17(22)7-5-16/h4-12H,3,13H2,1-2H3. The number of carbonyl (C=O) groups is 1. The molecule has 0 aliphatic carbocycles. The number of benzene rings is 2. The second-order valence-electron chi connectivity index (χ2n) is 5.81. The molecule has 0 spiro atoms. The maximum atomic E-state index is 12.7. The van der Waals surface area contributed by atoms with Crippen molar-refractivity contribution in [3.63, 3.8) is 0 Å². The lowest BCUT2D eigenvalue weighted by Gasteiger charge is -2.07. The third-order valence-corrected chi connectivity index (χ3v) is 5.47. The highest BCUT2D eigenvalue weighted by molar-refractivity contribution is 7.17. The van der Waals surface area contributed by atoms with Crippen LogP contribution in [0.4, 0.5) is 0 Å². The van der Waals surface area contributed by atoms with E-state index in [0.29, 0.717) is 11.4 Å². The van der Waals surface area contributed by atoms with Crippen LogP contribution in [0.25, 0.3) is 10.4 Å². The van der Waals surface area contributed by atoms with Gasteiger partial charge in [0.2, 0.25) is 0 Å². The Balaban J connectivity index is 1.79. The van der Waals surface area contributed by atoms with Crippen LogP contribution >= 0.6 is 22.9 Å². The Labute approximate surface area is 157 Å². The van der Waals surface area contributed by atoms with Crippen molar-refractivity contribution in [2.45, 2.75) is 19.8 Å². The van der Waals surface area contributed by atoms with Crippen LogP contribution in [-0.2, 0) is 12.8 Å². The quantitative estimate of drug-likeness (QED) is 0.492. The molecule has 25 heavy (non-hydrogen) atoms. The molecule has 3 aromatic rings. The highest BCUT2D eigenvalue weighted by atomic mass is 35.5. The molecule has 1 aromatic heterocycles. The number of methoxy groups -OCH3 is 1. The number of hydrogen-bond acceptors (Lipinski definition) is 3. The fourth-order valence-corrected chi connectivity index (χ4v) is 3.76. The summed E-state index contributed by atoms with van der Waals surface area (Å²) in [6.07, 6.45) is 1.29. The number of ether oxygens (including phenoxy) is 1. The lowest BCUT2D eigenvalue weighted by Crippen LogP contribution is -2.02. The van der Waals surface area contributed by atoms with Crippen LogP contribution < -0.4 is 4.74 Å². The molecule has 0 aliphatic rings. The van der Waals surface area contributed by atoms with Gasteiger partial charge in [-0.2, -0.15) is 0 Å². The summed E-state index contributed by atoms with van der Waals surface area (Å²) >= 11 is 7.45. The minimum atomic E-state index is 0.125. The average Bonchev–Trinajstić information content (AvgIpc) is 3.12. The van der Waals surface area contributed by atoms with Crippen molar-refractivity contribution in [1.29, 1.82) is 0 Å². The van der Waals surface area contributed by atoms with E-state index in [1.807, 2.05) is 48.5 Å². The van der Waals surface area contributed by atoms with Gasteiger partial charge in [-0.05, 0) is 59.5 Å². The van der Waals surface area contributed by atoms with E-state index in [-0.39, 0.29) is 5.78 Å². The number of hydrogen-bond donors (Lipinski definition) is 0. The molecule has 0 bridgehead atoms. The maximum absolute atomic E-state index is 12.7. The molecule has 2 nitrogen and oxygen atoms in total. The molecule has 0 saturated carbocycles. The second kappa shape index (κ2) is 7.85. The number of Topliss-reactive ketones (excluding diaryl/α,β-unsaturated/α-hetero) is 1. The summed E-state index contributed by atoms with van der Waals surface area (Å²) in [4.78, 5) is 14.5. The first-order valence-electron chi connectivity index (χ1n) is 8.15. The fraction of sp³-hybridized carbons (Fsp3) is 0.190. The molecule has 0 saturated heterocycles. The molecule has 1 heterocycles. The van der Waals surface area contributed by atoms with E-state index in [2.05, 4.69) is 13.0 Å². The Kier molecular flexibility index (Phi) is 5.57. The van der Waals surface area contributed by atoms with Crippen LogP contribution in [0.5, 0.6) is 5.75 Å². The lowest BCUT2D eigenvalue weighted by atomic mass is 10.0. The zero-order valence-corrected chi connectivity index (χ0v) is 15.8. The van der Waals surface area contributed by atoms with E-state index in [1.165, 1.54) is 16.9 Å². The van der Waals surface area contributed by atoms with Crippen molar-refractivity contribution >= 4 is 28.7 Å². The van der Waals surface area contributed by atoms with Crippen molar-refractivity contribution < 1.29 is 9.53 Å². The second-order valence-corrected chi connectivity index (χ2v) is 7.33. The van der Waals surface area contributed by atoms with Crippen molar-refractivity contribution in [1.82, 2.24) is 0 Å². The first kappa shape index (κ1) is 17.7. The van der Waals surface area contributed by atoms with Crippen LogP contribution in [0.1, 0.15) is 27.7 Å². The van der Waals surface area contributed by atoms with Gasteiger partial charge in [0.15, 0.2) is 5.78 Å². The molecule has 0 radical (unpaired) electrons. The lowest BCUT2D eigenvalue weighted by molar-refractivity contribution is 0.0997. The molecule has 0 N–H and O–H groups in total. The molecule has 0 unspecified atom stereocenters. The van der Waals surface area contributed by atoms with Crippen molar-refractivity contribution in [3.8, 4) is 16.2 Å². The van der Waals surface area contributed by atoms with Crippen LogP contribution in [0, 0.1) is 0 Å². The van der Waals surface area contributed by atoms with E-state index in [9.17, 15) is 4.79 Å². The molecule has 0 atom stereocenters. The molecule has 2 aromatic carbocycles. The first-order valence-corrected chi connectivity index (χ1v) is 9.34. The van der Waals surface area contributed by atoms with Gasteiger partial charge in [-0.3, -0.25) is 4.79 Å². The van der Waals surface area contributed by atoms with Gasteiger partial charge < -0.3 is 4.74 Å². The number of thiophene rings is 1. The molecular weight excluding hydrogens is 352 g/mol. The Morgan fingerprint density at radius 1 is 1.04 bits per heavy atom. The maximum Gasteiger partial charge on any atom is 0.177 e. The van der Waals surface area contributed by atoms with Crippen LogP contribution in [0.2, 0.25) is 5.02 Å². The monoisotopic (exact) mass is 370 g/mol. The third kappa shape index (κ3) is 4.30. The molecule has 0 amide bonds. The average molecular weight is 371 g/mol. The van der Waals surface area contributed by atoms with Crippen molar-refractivity contribution in [3.05, 3.63) is 75.6 Å². The predicted molar refractivity (Wildman–Crippen MR) is 105 cm³/mol. The van der Waals surface area contributed by atoms with Gasteiger partial charge in [-0.25, -0.2) is 0 Å². The van der Waals surface area contributed by atoms with Gasteiger partial charge in [0.25, 0.3) is 0 Å². The summed E-state index contributed by atoms with van der Waals surface area (Å²) in [7, 11) is 1.65. The van der Waals surface area contributed by atoms with Gasteiger partial charge in [0.1, 0.15) is 5.75 Å². The molecule has 0 aliphatic heterocycles. The minimum absolute atomic E-state index is 0.125. The van der Waals surface area contributed by atoms with E-state index in [0.717, 1.165) is 33.1 Å². The Hall–Kier alpha value is -2.10. The molecule has 128 valence electrons. The number of carbonyl (C=O) groups excluding carboxylic acids is 1. The predicted octanol–water partition coefficient (Wildman–Crippen LogP) is 6.06. The smallest absolute Gasteiger partial charge is 0.177 e. The van der Waals surface area contributed by atoms with Gasteiger partial charge in [0.05, 0.1) is 12.0 Å².